The molecule has 0 aromatic heterocycles. The molecule has 2 aromatic rings. The van der Waals surface area contributed by atoms with Gasteiger partial charge in [-0.25, -0.2) is 0 Å². The van der Waals surface area contributed by atoms with Crippen LogP contribution in [0.5, 0.6) is 11.5 Å². The molecule has 0 spiro atoms. The first-order chi connectivity index (χ1) is 12.4. The van der Waals surface area contributed by atoms with Gasteiger partial charge in [-0.2, -0.15) is 0 Å². The predicted molar refractivity (Wildman–Crippen MR) is 103 cm³/mol. The molecule has 2 amide bonds. The topological polar surface area (TPSA) is 76.7 Å². The van der Waals surface area contributed by atoms with E-state index in [1.54, 1.807) is 18.2 Å². The van der Waals surface area contributed by atoms with E-state index in [9.17, 15) is 9.59 Å². The van der Waals surface area contributed by atoms with E-state index in [-0.39, 0.29) is 24.4 Å². The third kappa shape index (κ3) is 5.23. The van der Waals surface area contributed by atoms with Crippen molar-refractivity contribution < 1.29 is 19.1 Å². The maximum Gasteiger partial charge on any atom is 0.251 e. The van der Waals surface area contributed by atoms with Gasteiger partial charge in [-0.05, 0) is 42.8 Å². The number of benzene rings is 2. The molecule has 6 nitrogen and oxygen atoms in total. The molecule has 0 bridgehead atoms. The van der Waals surface area contributed by atoms with E-state index in [0.717, 1.165) is 10.0 Å². The van der Waals surface area contributed by atoms with Gasteiger partial charge in [-0.3, -0.25) is 9.59 Å². The number of carbonyl (C=O) groups excluding carboxylic acids is 2. The second kappa shape index (κ2) is 9.24. The lowest BCUT2D eigenvalue weighted by molar-refractivity contribution is -0.120. The summed E-state index contributed by atoms with van der Waals surface area (Å²) in [5.41, 5.74) is 1.36. The lowest BCUT2D eigenvalue weighted by Gasteiger charge is -2.15. The SMILES string of the molecule is COc1ccc(C(=O)NCC(=O)NC(C)c2cccc(Br)c2)cc1OC. The number of hydrogen-bond acceptors (Lipinski definition) is 4. The fourth-order valence-electron chi connectivity index (χ4n) is 2.39. The van der Waals surface area contributed by atoms with Crippen LogP contribution in [-0.2, 0) is 4.79 Å². The number of halogens is 1. The van der Waals surface area contributed by atoms with Gasteiger partial charge in [0.1, 0.15) is 0 Å². The lowest BCUT2D eigenvalue weighted by Crippen LogP contribution is -2.38. The van der Waals surface area contributed by atoms with Crippen LogP contribution in [0.4, 0.5) is 0 Å². The molecule has 0 saturated carbocycles. The molecule has 0 saturated heterocycles. The molecule has 138 valence electrons. The molecule has 2 N–H and O–H groups in total. The molecular formula is C19H21BrN2O4. The Morgan fingerprint density at radius 3 is 2.46 bits per heavy atom. The van der Waals surface area contributed by atoms with E-state index in [0.29, 0.717) is 17.1 Å². The van der Waals surface area contributed by atoms with Gasteiger partial charge in [0.2, 0.25) is 5.91 Å². The van der Waals surface area contributed by atoms with Crippen molar-refractivity contribution in [3.05, 3.63) is 58.1 Å². The van der Waals surface area contributed by atoms with Crippen LogP contribution in [0.15, 0.2) is 46.9 Å². The lowest BCUT2D eigenvalue weighted by atomic mass is 10.1. The van der Waals surface area contributed by atoms with Crippen molar-refractivity contribution in [2.24, 2.45) is 0 Å². The van der Waals surface area contributed by atoms with E-state index in [2.05, 4.69) is 26.6 Å². The molecule has 0 radical (unpaired) electrons. The fourth-order valence-corrected chi connectivity index (χ4v) is 2.81. The van der Waals surface area contributed by atoms with Crippen LogP contribution in [0.3, 0.4) is 0 Å². The van der Waals surface area contributed by atoms with Gasteiger partial charge in [0.15, 0.2) is 11.5 Å². The Labute approximate surface area is 161 Å². The number of amides is 2. The Hall–Kier alpha value is -2.54. The molecule has 0 aliphatic rings. The maximum absolute atomic E-state index is 12.2. The molecule has 2 aromatic carbocycles. The number of carbonyl (C=O) groups is 2. The Bertz CT molecular complexity index is 795. The first-order valence-corrected chi connectivity index (χ1v) is 8.79. The fraction of sp³-hybridized carbons (Fsp3) is 0.263. The van der Waals surface area contributed by atoms with E-state index < -0.39 is 0 Å². The minimum absolute atomic E-state index is 0.120. The number of nitrogens with one attached hydrogen (secondary N) is 2. The minimum Gasteiger partial charge on any atom is -0.493 e. The van der Waals surface area contributed by atoms with E-state index in [1.807, 2.05) is 31.2 Å². The summed E-state index contributed by atoms with van der Waals surface area (Å²) in [6.45, 7) is 1.77. The molecule has 1 atom stereocenters. The third-order valence-electron chi connectivity index (χ3n) is 3.78. The van der Waals surface area contributed by atoms with Gasteiger partial charge < -0.3 is 20.1 Å². The number of hydrogen-bond donors (Lipinski definition) is 2. The van der Waals surface area contributed by atoms with Crippen molar-refractivity contribution in [3.63, 3.8) is 0 Å². The van der Waals surface area contributed by atoms with Crippen LogP contribution in [0.25, 0.3) is 0 Å². The van der Waals surface area contributed by atoms with Gasteiger partial charge in [0.25, 0.3) is 5.91 Å². The van der Waals surface area contributed by atoms with Gasteiger partial charge in [0.05, 0.1) is 26.8 Å². The molecule has 0 aliphatic carbocycles. The average molecular weight is 421 g/mol. The zero-order chi connectivity index (χ0) is 19.1. The molecule has 1 unspecified atom stereocenters. The molecule has 0 fully saturated rings. The van der Waals surface area contributed by atoms with Crippen LogP contribution < -0.4 is 20.1 Å². The van der Waals surface area contributed by atoms with Crippen LogP contribution in [0.2, 0.25) is 0 Å². The summed E-state index contributed by atoms with van der Waals surface area (Å²) in [7, 11) is 3.02. The Kier molecular flexibility index (Phi) is 7.03. The smallest absolute Gasteiger partial charge is 0.251 e. The zero-order valence-corrected chi connectivity index (χ0v) is 16.4. The molecule has 0 aliphatic heterocycles. The highest BCUT2D eigenvalue weighted by Crippen LogP contribution is 2.27. The van der Waals surface area contributed by atoms with Gasteiger partial charge >= 0.3 is 0 Å². The highest BCUT2D eigenvalue weighted by Gasteiger charge is 2.14. The van der Waals surface area contributed by atoms with Crippen molar-refractivity contribution in [3.8, 4) is 11.5 Å². The number of rotatable bonds is 7. The summed E-state index contributed by atoms with van der Waals surface area (Å²) >= 11 is 3.41. The Balaban J connectivity index is 1.91. The van der Waals surface area contributed by atoms with Crippen molar-refractivity contribution >= 4 is 27.7 Å². The maximum atomic E-state index is 12.2. The second-order valence-electron chi connectivity index (χ2n) is 5.60. The minimum atomic E-state index is -0.365. The van der Waals surface area contributed by atoms with Gasteiger partial charge in [-0.1, -0.05) is 28.1 Å². The largest absolute Gasteiger partial charge is 0.493 e. The van der Waals surface area contributed by atoms with Crippen molar-refractivity contribution in [1.82, 2.24) is 10.6 Å². The molecule has 0 heterocycles. The Morgan fingerprint density at radius 1 is 1.08 bits per heavy atom. The average Bonchev–Trinajstić information content (AvgIpc) is 2.65. The zero-order valence-electron chi connectivity index (χ0n) is 14.8. The van der Waals surface area contributed by atoms with Crippen molar-refractivity contribution in [2.45, 2.75) is 13.0 Å². The number of ether oxygens (including phenoxy) is 2. The van der Waals surface area contributed by atoms with E-state index in [4.69, 9.17) is 9.47 Å². The molecular weight excluding hydrogens is 400 g/mol. The highest BCUT2D eigenvalue weighted by molar-refractivity contribution is 9.10. The Morgan fingerprint density at radius 2 is 1.81 bits per heavy atom. The summed E-state index contributed by atoms with van der Waals surface area (Å²) in [5.74, 6) is 0.347. The third-order valence-corrected chi connectivity index (χ3v) is 4.27. The normalized spacial score (nSPS) is 11.4. The summed E-state index contributed by atoms with van der Waals surface area (Å²) in [6, 6.07) is 12.3. The summed E-state index contributed by atoms with van der Waals surface area (Å²) in [6.07, 6.45) is 0. The monoisotopic (exact) mass is 420 g/mol. The summed E-state index contributed by atoms with van der Waals surface area (Å²) < 4.78 is 11.3. The summed E-state index contributed by atoms with van der Waals surface area (Å²) in [4.78, 5) is 24.3. The first kappa shape index (κ1) is 19.8. The summed E-state index contributed by atoms with van der Waals surface area (Å²) in [5, 5.41) is 5.45. The van der Waals surface area contributed by atoms with Crippen LogP contribution in [0, 0.1) is 0 Å². The predicted octanol–water partition coefficient (Wildman–Crippen LogP) is 3.07. The van der Waals surface area contributed by atoms with Crippen LogP contribution >= 0.6 is 15.9 Å². The standard InChI is InChI=1S/C19H21BrN2O4/c1-12(13-5-4-6-15(20)9-13)22-18(23)11-21-19(24)14-7-8-16(25-2)17(10-14)26-3/h4-10,12H,11H2,1-3H3,(H,21,24)(H,22,23). The van der Waals surface area contributed by atoms with E-state index in [1.165, 1.54) is 14.2 Å². The first-order valence-electron chi connectivity index (χ1n) is 7.99. The number of methoxy groups -OCH3 is 2. The van der Waals surface area contributed by atoms with Crippen LogP contribution in [0.1, 0.15) is 28.9 Å². The molecule has 2 rings (SSSR count). The second-order valence-corrected chi connectivity index (χ2v) is 6.51. The van der Waals surface area contributed by atoms with Gasteiger partial charge in [-0.15, -0.1) is 0 Å². The molecule has 26 heavy (non-hydrogen) atoms. The van der Waals surface area contributed by atoms with Gasteiger partial charge in [0, 0.05) is 10.0 Å². The van der Waals surface area contributed by atoms with Crippen molar-refractivity contribution in [1.29, 1.82) is 0 Å². The molecule has 7 heteroatoms. The highest BCUT2D eigenvalue weighted by atomic mass is 79.9. The van der Waals surface area contributed by atoms with Crippen LogP contribution in [-0.4, -0.2) is 32.6 Å². The van der Waals surface area contributed by atoms with E-state index >= 15 is 0 Å². The van der Waals surface area contributed by atoms with Crippen molar-refractivity contribution in [2.75, 3.05) is 20.8 Å². The quantitative estimate of drug-likeness (QED) is 0.721.